The summed E-state index contributed by atoms with van der Waals surface area (Å²) in [4.78, 5) is 43.1. The van der Waals surface area contributed by atoms with Crippen molar-refractivity contribution in [3.63, 3.8) is 0 Å². The topological polar surface area (TPSA) is 82.8 Å². The second kappa shape index (κ2) is 7.27. The third kappa shape index (κ3) is 3.10. The summed E-state index contributed by atoms with van der Waals surface area (Å²) >= 11 is 0. The largest absolute Gasteiger partial charge is 0.396 e. The molecule has 0 radical (unpaired) electrons. The van der Waals surface area contributed by atoms with E-state index in [0.717, 1.165) is 50.9 Å². The molecular weight excluding hydrogens is 370 g/mol. The third-order valence-corrected chi connectivity index (χ3v) is 7.32. The number of likely N-dealkylation sites (tertiary alicyclic amines) is 1. The second-order valence-corrected chi connectivity index (χ2v) is 9.12. The van der Waals surface area contributed by atoms with E-state index < -0.39 is 12.0 Å². The fourth-order valence-electron chi connectivity index (χ4n) is 5.68. The molecule has 3 fully saturated rings. The van der Waals surface area contributed by atoms with E-state index in [4.69, 9.17) is 0 Å². The Balaban J connectivity index is 1.57. The van der Waals surface area contributed by atoms with Crippen molar-refractivity contribution < 1.29 is 14.7 Å². The molecule has 156 valence electrons. The van der Waals surface area contributed by atoms with Crippen molar-refractivity contribution in [3.05, 3.63) is 34.2 Å². The highest BCUT2D eigenvalue weighted by Gasteiger charge is 2.58. The van der Waals surface area contributed by atoms with E-state index in [2.05, 4.69) is 0 Å². The number of nitrogens with zero attached hydrogens (tertiary/aromatic N) is 3. The summed E-state index contributed by atoms with van der Waals surface area (Å²) in [6, 6.07) is 4.35. The van der Waals surface area contributed by atoms with Crippen molar-refractivity contribution in [2.45, 2.75) is 57.2 Å². The summed E-state index contributed by atoms with van der Waals surface area (Å²) in [5.41, 5.74) is 0.638. The number of amides is 2. The van der Waals surface area contributed by atoms with Crippen molar-refractivity contribution >= 4 is 11.8 Å². The molecule has 2 bridgehead atoms. The molecule has 1 aliphatic carbocycles. The van der Waals surface area contributed by atoms with Gasteiger partial charge in [0.1, 0.15) is 0 Å². The maximum absolute atomic E-state index is 13.6. The van der Waals surface area contributed by atoms with Gasteiger partial charge in [0.25, 0.3) is 5.56 Å². The van der Waals surface area contributed by atoms with Gasteiger partial charge in [0.15, 0.2) is 0 Å². The molecule has 0 aromatic carbocycles. The van der Waals surface area contributed by atoms with Crippen molar-refractivity contribution in [1.29, 1.82) is 0 Å². The molecule has 2 saturated heterocycles. The second-order valence-electron chi connectivity index (χ2n) is 9.12. The van der Waals surface area contributed by atoms with Crippen LogP contribution >= 0.6 is 0 Å². The van der Waals surface area contributed by atoms with E-state index >= 15 is 0 Å². The highest BCUT2D eigenvalue weighted by Crippen LogP contribution is 2.50. The summed E-state index contributed by atoms with van der Waals surface area (Å²) in [5.74, 6) is -0.271. The number of aliphatic hydroxyl groups excluding tert-OH is 1. The number of carbonyl (C=O) groups is 2. The quantitative estimate of drug-likeness (QED) is 0.823. The predicted octanol–water partition coefficient (Wildman–Crippen LogP) is 1.15. The Morgan fingerprint density at radius 3 is 2.55 bits per heavy atom. The highest BCUT2D eigenvalue weighted by atomic mass is 16.3. The number of aliphatic hydroxyl groups is 1. The average Bonchev–Trinajstić information content (AvgIpc) is 3.51. The van der Waals surface area contributed by atoms with E-state index in [9.17, 15) is 19.5 Å². The SMILES string of the molecule is O=C([C@@H]1[C@@H](CO)[C@@H]2Cn3c(cccc3=O)[C@H]1N2C(=O)CC1CC1)N1CCCCC1. The summed E-state index contributed by atoms with van der Waals surface area (Å²) in [5, 5.41) is 10.3. The predicted molar refractivity (Wildman–Crippen MR) is 106 cm³/mol. The minimum Gasteiger partial charge on any atom is -0.396 e. The monoisotopic (exact) mass is 399 g/mol. The van der Waals surface area contributed by atoms with Gasteiger partial charge in [-0.25, -0.2) is 0 Å². The molecule has 1 N–H and O–H groups in total. The number of rotatable bonds is 4. The number of hydrogen-bond donors (Lipinski definition) is 1. The highest BCUT2D eigenvalue weighted by molar-refractivity contribution is 5.84. The van der Waals surface area contributed by atoms with Crippen LogP contribution in [-0.4, -0.2) is 57.0 Å². The van der Waals surface area contributed by atoms with Crippen molar-refractivity contribution in [3.8, 4) is 0 Å². The van der Waals surface area contributed by atoms with Crippen LogP contribution in [0, 0.1) is 17.8 Å². The number of fused-ring (bicyclic) bond motifs is 4. The van der Waals surface area contributed by atoms with E-state index in [1.165, 1.54) is 6.07 Å². The zero-order chi connectivity index (χ0) is 20.1. The minimum atomic E-state index is -0.484. The lowest BCUT2D eigenvalue weighted by Crippen LogP contribution is -2.49. The lowest BCUT2D eigenvalue weighted by atomic mass is 9.85. The smallest absolute Gasteiger partial charge is 0.250 e. The van der Waals surface area contributed by atoms with Crippen LogP contribution in [0.25, 0.3) is 0 Å². The molecule has 0 unspecified atom stereocenters. The average molecular weight is 399 g/mol. The van der Waals surface area contributed by atoms with Crippen LogP contribution in [0.2, 0.25) is 0 Å². The van der Waals surface area contributed by atoms with Gasteiger partial charge in [0, 0.05) is 50.3 Å². The number of carbonyl (C=O) groups excluding carboxylic acids is 2. The Bertz CT molecular complexity index is 871. The van der Waals surface area contributed by atoms with Gasteiger partial charge in [-0.05, 0) is 44.1 Å². The number of hydrogen-bond acceptors (Lipinski definition) is 4. The molecule has 7 heteroatoms. The van der Waals surface area contributed by atoms with Crippen LogP contribution in [0.15, 0.2) is 23.0 Å². The molecule has 0 spiro atoms. The molecular formula is C22H29N3O4. The van der Waals surface area contributed by atoms with Gasteiger partial charge < -0.3 is 19.5 Å². The summed E-state index contributed by atoms with van der Waals surface area (Å²) < 4.78 is 1.71. The van der Waals surface area contributed by atoms with Crippen LogP contribution < -0.4 is 5.56 Å². The van der Waals surface area contributed by atoms with Crippen molar-refractivity contribution in [2.75, 3.05) is 19.7 Å². The van der Waals surface area contributed by atoms with E-state index in [1.807, 2.05) is 15.9 Å². The molecule has 4 atom stereocenters. The Morgan fingerprint density at radius 1 is 1.10 bits per heavy atom. The fourth-order valence-corrected chi connectivity index (χ4v) is 5.68. The first-order valence-electron chi connectivity index (χ1n) is 11.0. The van der Waals surface area contributed by atoms with Gasteiger partial charge in [-0.15, -0.1) is 0 Å². The third-order valence-electron chi connectivity index (χ3n) is 7.32. The summed E-state index contributed by atoms with van der Waals surface area (Å²) in [7, 11) is 0. The molecule has 1 saturated carbocycles. The van der Waals surface area contributed by atoms with Gasteiger partial charge in [-0.3, -0.25) is 14.4 Å². The van der Waals surface area contributed by atoms with E-state index in [1.54, 1.807) is 10.6 Å². The standard InChI is InChI=1S/C22H29N3O4/c26-13-15-17-12-24-16(5-4-6-18(24)27)21(25(17)19(28)11-14-7-8-14)20(15)22(29)23-9-2-1-3-10-23/h4-6,14-15,17,20-21,26H,1-3,7-13H2/t15-,17-,20+,21+/m0/s1. The Morgan fingerprint density at radius 2 is 1.86 bits per heavy atom. The fraction of sp³-hybridized carbons (Fsp3) is 0.682. The normalized spacial score (nSPS) is 30.9. The first-order valence-corrected chi connectivity index (χ1v) is 11.0. The van der Waals surface area contributed by atoms with Gasteiger partial charge in [0.2, 0.25) is 11.8 Å². The van der Waals surface area contributed by atoms with Crippen molar-refractivity contribution in [1.82, 2.24) is 14.4 Å². The summed E-state index contributed by atoms with van der Waals surface area (Å²) in [6.07, 6.45) is 5.81. The lowest BCUT2D eigenvalue weighted by Gasteiger charge is -2.38. The summed E-state index contributed by atoms with van der Waals surface area (Å²) in [6.45, 7) is 1.68. The first kappa shape index (κ1) is 18.9. The molecule has 5 rings (SSSR count). The van der Waals surface area contributed by atoms with Crippen LogP contribution in [0.5, 0.6) is 0 Å². The molecule has 2 amide bonds. The van der Waals surface area contributed by atoms with Gasteiger partial charge in [-0.1, -0.05) is 6.07 Å². The molecule has 7 nitrogen and oxygen atoms in total. The molecule has 29 heavy (non-hydrogen) atoms. The molecule has 3 aliphatic heterocycles. The van der Waals surface area contributed by atoms with Crippen LogP contribution in [0.3, 0.4) is 0 Å². The zero-order valence-electron chi connectivity index (χ0n) is 16.7. The minimum absolute atomic E-state index is 0.0326. The molecule has 1 aromatic heterocycles. The van der Waals surface area contributed by atoms with Gasteiger partial charge in [0.05, 0.1) is 18.0 Å². The number of pyridine rings is 1. The van der Waals surface area contributed by atoms with Crippen LogP contribution in [0.4, 0.5) is 0 Å². The Labute approximate surface area is 170 Å². The number of piperidine rings is 1. The van der Waals surface area contributed by atoms with E-state index in [-0.39, 0.29) is 35.9 Å². The first-order chi connectivity index (χ1) is 14.1. The molecule has 4 aliphatic rings. The molecule has 4 heterocycles. The molecule has 1 aromatic rings. The van der Waals surface area contributed by atoms with Crippen LogP contribution in [0.1, 0.15) is 50.3 Å². The number of aromatic nitrogens is 1. The Hall–Kier alpha value is -2.15. The van der Waals surface area contributed by atoms with Crippen LogP contribution in [-0.2, 0) is 16.1 Å². The Kier molecular flexibility index (Phi) is 4.73. The lowest BCUT2D eigenvalue weighted by molar-refractivity contribution is -0.140. The van der Waals surface area contributed by atoms with Gasteiger partial charge >= 0.3 is 0 Å². The van der Waals surface area contributed by atoms with Crippen molar-refractivity contribution in [2.24, 2.45) is 17.8 Å². The maximum Gasteiger partial charge on any atom is 0.250 e. The van der Waals surface area contributed by atoms with Gasteiger partial charge in [-0.2, -0.15) is 0 Å². The maximum atomic E-state index is 13.6. The van der Waals surface area contributed by atoms with E-state index in [0.29, 0.717) is 18.9 Å². The zero-order valence-corrected chi connectivity index (χ0v) is 16.7.